The lowest BCUT2D eigenvalue weighted by molar-refractivity contribution is 0.0628. The average Bonchev–Trinajstić information content (AvgIpc) is 2.96. The van der Waals surface area contributed by atoms with E-state index < -0.39 is 0 Å². The summed E-state index contributed by atoms with van der Waals surface area (Å²) in [5.74, 6) is 0.101. The van der Waals surface area contributed by atoms with Crippen molar-refractivity contribution in [1.82, 2.24) is 14.2 Å². The van der Waals surface area contributed by atoms with Gasteiger partial charge in [-0.1, -0.05) is 29.8 Å². The molecule has 0 bridgehead atoms. The van der Waals surface area contributed by atoms with Crippen LogP contribution < -0.4 is 0 Å². The van der Waals surface area contributed by atoms with E-state index in [-0.39, 0.29) is 5.91 Å². The van der Waals surface area contributed by atoms with E-state index in [4.69, 9.17) is 11.6 Å². The molecule has 2 heterocycles. The van der Waals surface area contributed by atoms with Crippen LogP contribution in [-0.2, 0) is 6.54 Å². The highest BCUT2D eigenvalue weighted by Gasteiger charge is 2.24. The number of rotatable bonds is 3. The molecular formula is C16H18ClN3OS. The Labute approximate surface area is 139 Å². The number of aryl methyl sites for hydroxylation is 1. The number of benzene rings is 1. The van der Waals surface area contributed by atoms with Gasteiger partial charge in [-0.3, -0.25) is 9.69 Å². The van der Waals surface area contributed by atoms with Crippen LogP contribution in [0.4, 0.5) is 0 Å². The first kappa shape index (κ1) is 15.5. The van der Waals surface area contributed by atoms with Crippen LogP contribution in [0.1, 0.15) is 21.6 Å². The monoisotopic (exact) mass is 335 g/mol. The number of aromatic nitrogens is 1. The van der Waals surface area contributed by atoms with Gasteiger partial charge in [0.2, 0.25) is 0 Å². The molecular weight excluding hydrogens is 318 g/mol. The highest BCUT2D eigenvalue weighted by molar-refractivity contribution is 7.03. The fourth-order valence-corrected chi connectivity index (χ4v) is 3.53. The molecule has 1 fully saturated rings. The molecule has 22 heavy (non-hydrogen) atoms. The van der Waals surface area contributed by atoms with E-state index >= 15 is 0 Å². The Balaban J connectivity index is 1.58. The van der Waals surface area contributed by atoms with Gasteiger partial charge in [-0.2, -0.15) is 4.37 Å². The lowest BCUT2D eigenvalue weighted by Crippen LogP contribution is -2.48. The second-order valence-corrected chi connectivity index (χ2v) is 6.51. The second kappa shape index (κ2) is 6.77. The van der Waals surface area contributed by atoms with Crippen molar-refractivity contribution >= 4 is 29.0 Å². The van der Waals surface area contributed by atoms with E-state index in [1.54, 1.807) is 0 Å². The zero-order chi connectivity index (χ0) is 15.5. The van der Waals surface area contributed by atoms with Crippen molar-refractivity contribution in [3.63, 3.8) is 0 Å². The first-order valence-corrected chi connectivity index (χ1v) is 8.52. The van der Waals surface area contributed by atoms with E-state index in [1.165, 1.54) is 11.5 Å². The van der Waals surface area contributed by atoms with E-state index in [1.807, 2.05) is 35.4 Å². The third-order valence-corrected chi connectivity index (χ3v) is 5.08. The minimum absolute atomic E-state index is 0.101. The van der Waals surface area contributed by atoms with Gasteiger partial charge in [0.05, 0.1) is 11.3 Å². The third kappa shape index (κ3) is 3.32. The molecule has 2 aromatic rings. The predicted octanol–water partition coefficient (Wildman–Crippen LogP) is 3.06. The van der Waals surface area contributed by atoms with Crippen LogP contribution in [0.15, 0.2) is 29.6 Å². The average molecular weight is 336 g/mol. The number of halogens is 1. The summed E-state index contributed by atoms with van der Waals surface area (Å²) in [5, 5.41) is 2.65. The Morgan fingerprint density at radius 1 is 1.27 bits per heavy atom. The molecule has 0 spiro atoms. The molecule has 1 aliphatic heterocycles. The molecule has 1 saturated heterocycles. The number of carbonyl (C=O) groups is 1. The van der Waals surface area contributed by atoms with Crippen molar-refractivity contribution in [3.8, 4) is 0 Å². The van der Waals surface area contributed by atoms with E-state index in [0.29, 0.717) is 0 Å². The van der Waals surface area contributed by atoms with Crippen LogP contribution >= 0.6 is 23.1 Å². The molecule has 0 unspecified atom stereocenters. The lowest BCUT2D eigenvalue weighted by Gasteiger charge is -2.34. The number of hydrogen-bond acceptors (Lipinski definition) is 4. The van der Waals surface area contributed by atoms with Gasteiger partial charge >= 0.3 is 0 Å². The van der Waals surface area contributed by atoms with Crippen LogP contribution in [0.3, 0.4) is 0 Å². The van der Waals surface area contributed by atoms with Gasteiger partial charge in [-0.05, 0) is 30.1 Å². The van der Waals surface area contributed by atoms with Crippen molar-refractivity contribution in [3.05, 3.63) is 51.5 Å². The second-order valence-electron chi connectivity index (χ2n) is 5.47. The molecule has 116 valence electrons. The molecule has 0 aliphatic carbocycles. The molecule has 6 heteroatoms. The van der Waals surface area contributed by atoms with Crippen molar-refractivity contribution < 1.29 is 4.79 Å². The van der Waals surface area contributed by atoms with E-state index in [2.05, 4.69) is 15.3 Å². The molecule has 1 aliphatic rings. The number of hydrogen-bond donors (Lipinski definition) is 0. The van der Waals surface area contributed by atoms with Crippen LogP contribution in [0.2, 0.25) is 5.02 Å². The maximum Gasteiger partial charge on any atom is 0.256 e. The largest absolute Gasteiger partial charge is 0.336 e. The molecule has 1 amide bonds. The van der Waals surface area contributed by atoms with Gasteiger partial charge < -0.3 is 4.90 Å². The lowest BCUT2D eigenvalue weighted by atomic mass is 10.2. The summed E-state index contributed by atoms with van der Waals surface area (Å²) in [6.07, 6.45) is 0. The molecule has 0 radical (unpaired) electrons. The molecule has 0 atom stereocenters. The number of nitrogens with zero attached hydrogens (tertiary/aromatic N) is 3. The third-order valence-electron chi connectivity index (χ3n) is 3.99. The summed E-state index contributed by atoms with van der Waals surface area (Å²) in [6.45, 7) is 5.95. The molecule has 1 aromatic heterocycles. The quantitative estimate of drug-likeness (QED) is 0.865. The molecule has 0 saturated carbocycles. The zero-order valence-electron chi connectivity index (χ0n) is 12.5. The summed E-state index contributed by atoms with van der Waals surface area (Å²) < 4.78 is 4.18. The normalized spacial score (nSPS) is 16.0. The SMILES string of the molecule is Cc1nscc1C(=O)N1CCN(Cc2ccccc2Cl)CC1. The fourth-order valence-electron chi connectivity index (χ4n) is 2.64. The van der Waals surface area contributed by atoms with Crippen LogP contribution in [0, 0.1) is 6.92 Å². The fraction of sp³-hybridized carbons (Fsp3) is 0.375. The van der Waals surface area contributed by atoms with E-state index in [9.17, 15) is 4.79 Å². The first-order valence-electron chi connectivity index (χ1n) is 7.31. The highest BCUT2D eigenvalue weighted by atomic mass is 35.5. The van der Waals surface area contributed by atoms with Gasteiger partial charge in [-0.15, -0.1) is 0 Å². The Morgan fingerprint density at radius 3 is 2.64 bits per heavy atom. The van der Waals surface area contributed by atoms with Gasteiger partial charge in [-0.25, -0.2) is 0 Å². The van der Waals surface area contributed by atoms with Gasteiger partial charge in [0.25, 0.3) is 5.91 Å². The molecule has 1 aromatic carbocycles. The molecule has 3 rings (SSSR count). The van der Waals surface area contributed by atoms with Crippen LogP contribution in [-0.4, -0.2) is 46.3 Å². The number of carbonyl (C=O) groups excluding carboxylic acids is 1. The minimum atomic E-state index is 0.101. The topological polar surface area (TPSA) is 36.4 Å². The van der Waals surface area contributed by atoms with Gasteiger partial charge in [0.1, 0.15) is 0 Å². The zero-order valence-corrected chi connectivity index (χ0v) is 14.0. The van der Waals surface area contributed by atoms with Crippen molar-refractivity contribution in [2.24, 2.45) is 0 Å². The van der Waals surface area contributed by atoms with Crippen LogP contribution in [0.25, 0.3) is 0 Å². The summed E-state index contributed by atoms with van der Waals surface area (Å²) in [7, 11) is 0. The van der Waals surface area contributed by atoms with Gasteiger partial charge in [0, 0.05) is 43.1 Å². The Hall–Kier alpha value is -1.43. The summed E-state index contributed by atoms with van der Waals surface area (Å²) in [6, 6.07) is 7.93. The maximum absolute atomic E-state index is 12.5. The molecule has 0 N–H and O–H groups in total. The van der Waals surface area contributed by atoms with Crippen LogP contribution in [0.5, 0.6) is 0 Å². The van der Waals surface area contributed by atoms with Gasteiger partial charge in [0.15, 0.2) is 0 Å². The number of amides is 1. The Bertz CT molecular complexity index is 665. The minimum Gasteiger partial charge on any atom is -0.336 e. The van der Waals surface area contributed by atoms with Crippen molar-refractivity contribution in [2.75, 3.05) is 26.2 Å². The Morgan fingerprint density at radius 2 is 2.00 bits per heavy atom. The standard InChI is InChI=1S/C16H18ClN3OS/c1-12-14(11-22-18-12)16(21)20-8-6-19(7-9-20)10-13-4-2-3-5-15(13)17/h2-5,11H,6-10H2,1H3. The maximum atomic E-state index is 12.5. The van der Waals surface area contributed by atoms with Crippen molar-refractivity contribution in [2.45, 2.75) is 13.5 Å². The Kier molecular flexibility index (Phi) is 4.76. The molecule has 4 nitrogen and oxygen atoms in total. The van der Waals surface area contributed by atoms with E-state index in [0.717, 1.165) is 54.6 Å². The van der Waals surface area contributed by atoms with Crippen molar-refractivity contribution in [1.29, 1.82) is 0 Å². The smallest absolute Gasteiger partial charge is 0.256 e. The predicted molar refractivity (Wildman–Crippen MR) is 89.5 cm³/mol. The summed E-state index contributed by atoms with van der Waals surface area (Å²) >= 11 is 7.55. The first-order chi connectivity index (χ1) is 10.6. The summed E-state index contributed by atoms with van der Waals surface area (Å²) in [5.41, 5.74) is 2.71. The summed E-state index contributed by atoms with van der Waals surface area (Å²) in [4.78, 5) is 16.7. The number of piperazine rings is 1. The highest BCUT2D eigenvalue weighted by Crippen LogP contribution is 2.19.